The molecule has 0 aliphatic heterocycles. The maximum atomic E-state index is 5.97. The molecule has 0 aromatic heterocycles. The van der Waals surface area contributed by atoms with Crippen molar-refractivity contribution in [2.75, 3.05) is 5.32 Å². The third kappa shape index (κ3) is 5.79. The minimum absolute atomic E-state index is 0.374. The van der Waals surface area contributed by atoms with E-state index in [9.17, 15) is 0 Å². The van der Waals surface area contributed by atoms with E-state index < -0.39 is 0 Å². The molecular formula is C15H23ClN2S. The average Bonchev–Trinajstić information content (AvgIpc) is 2.30. The molecule has 0 radical (unpaired) electrons. The monoisotopic (exact) mass is 298 g/mol. The quantitative estimate of drug-likeness (QED) is 0.722. The molecule has 106 valence electrons. The van der Waals surface area contributed by atoms with Crippen LogP contribution in [0.3, 0.4) is 0 Å². The van der Waals surface area contributed by atoms with Crippen LogP contribution >= 0.6 is 23.8 Å². The molecule has 0 saturated carbocycles. The molecule has 1 atom stereocenters. The van der Waals surface area contributed by atoms with Gasteiger partial charge in [0.2, 0.25) is 0 Å². The number of nitrogens with one attached hydrogen (secondary N) is 1. The van der Waals surface area contributed by atoms with E-state index in [0.29, 0.717) is 16.1 Å². The summed E-state index contributed by atoms with van der Waals surface area (Å²) in [6, 6.07) is 6.00. The Morgan fingerprint density at radius 1 is 1.32 bits per heavy atom. The molecule has 0 spiro atoms. The normalized spacial score (nSPS) is 12.5. The van der Waals surface area contributed by atoms with Gasteiger partial charge in [-0.1, -0.05) is 50.5 Å². The number of nitrogens with two attached hydrogens (primary N) is 1. The highest BCUT2D eigenvalue weighted by Crippen LogP contribution is 2.22. The minimum atomic E-state index is 0.374. The van der Waals surface area contributed by atoms with Gasteiger partial charge >= 0.3 is 0 Å². The molecule has 4 heteroatoms. The topological polar surface area (TPSA) is 38.0 Å². The van der Waals surface area contributed by atoms with Crippen molar-refractivity contribution in [1.82, 2.24) is 0 Å². The number of hydrogen-bond acceptors (Lipinski definition) is 2. The van der Waals surface area contributed by atoms with E-state index in [1.54, 1.807) is 0 Å². The fourth-order valence-corrected chi connectivity index (χ4v) is 2.36. The lowest BCUT2D eigenvalue weighted by Crippen LogP contribution is -2.19. The fourth-order valence-electron chi connectivity index (χ4n) is 2.02. The number of benzene rings is 1. The Balaban J connectivity index is 2.63. The highest BCUT2D eigenvalue weighted by molar-refractivity contribution is 7.80. The van der Waals surface area contributed by atoms with Gasteiger partial charge in [0, 0.05) is 22.3 Å². The van der Waals surface area contributed by atoms with E-state index in [-0.39, 0.29) is 0 Å². The lowest BCUT2D eigenvalue weighted by atomic mass is 10.0. The predicted molar refractivity (Wildman–Crippen MR) is 89.1 cm³/mol. The Morgan fingerprint density at radius 3 is 2.58 bits per heavy atom. The van der Waals surface area contributed by atoms with Gasteiger partial charge in [-0.25, -0.2) is 0 Å². The summed E-state index contributed by atoms with van der Waals surface area (Å²) in [6.45, 7) is 6.68. The van der Waals surface area contributed by atoms with E-state index in [2.05, 4.69) is 26.1 Å². The van der Waals surface area contributed by atoms with Crippen molar-refractivity contribution in [3.63, 3.8) is 0 Å². The van der Waals surface area contributed by atoms with E-state index in [4.69, 9.17) is 29.6 Å². The highest BCUT2D eigenvalue weighted by Gasteiger charge is 2.09. The number of rotatable bonds is 7. The van der Waals surface area contributed by atoms with Crippen molar-refractivity contribution < 1.29 is 0 Å². The predicted octanol–water partition coefficient (Wildman–Crippen LogP) is 4.60. The maximum absolute atomic E-state index is 5.97. The maximum Gasteiger partial charge on any atom is 0.106 e. The van der Waals surface area contributed by atoms with Crippen molar-refractivity contribution in [3.8, 4) is 0 Å². The molecule has 0 aliphatic rings. The first-order chi connectivity index (χ1) is 8.90. The summed E-state index contributed by atoms with van der Waals surface area (Å²) in [6.07, 6.45) is 3.62. The lowest BCUT2D eigenvalue weighted by Gasteiger charge is -2.18. The van der Waals surface area contributed by atoms with Gasteiger partial charge in [-0.05, 0) is 37.5 Å². The third-order valence-electron chi connectivity index (χ3n) is 3.07. The van der Waals surface area contributed by atoms with Crippen LogP contribution in [0.25, 0.3) is 0 Å². The minimum Gasteiger partial charge on any atom is -0.389 e. The van der Waals surface area contributed by atoms with Gasteiger partial charge in [0.05, 0.1) is 0 Å². The molecule has 1 unspecified atom stereocenters. The molecule has 0 amide bonds. The second-order valence-electron chi connectivity index (χ2n) is 5.42. The van der Waals surface area contributed by atoms with Gasteiger partial charge in [0.1, 0.15) is 4.99 Å². The number of anilines is 1. The van der Waals surface area contributed by atoms with Crippen LogP contribution < -0.4 is 11.1 Å². The largest absolute Gasteiger partial charge is 0.389 e. The Labute approximate surface area is 126 Å². The fraction of sp³-hybridized carbons (Fsp3) is 0.533. The molecule has 3 N–H and O–H groups in total. The van der Waals surface area contributed by atoms with Gasteiger partial charge in [-0.15, -0.1) is 0 Å². The van der Waals surface area contributed by atoms with Crippen LogP contribution in [-0.2, 0) is 0 Å². The van der Waals surface area contributed by atoms with E-state index in [0.717, 1.165) is 23.6 Å². The zero-order valence-electron chi connectivity index (χ0n) is 11.9. The molecule has 0 aliphatic carbocycles. The Kier molecular flexibility index (Phi) is 6.59. The standard InChI is InChI=1S/C15H23ClN2S/c1-10(2)5-4-6-11(3)18-14-8-7-12(16)9-13(14)15(17)19/h7-11,18H,4-6H2,1-3H3,(H2,17,19). The second-order valence-corrected chi connectivity index (χ2v) is 6.30. The summed E-state index contributed by atoms with van der Waals surface area (Å²) < 4.78 is 0. The van der Waals surface area contributed by atoms with Crippen LogP contribution in [0.15, 0.2) is 18.2 Å². The van der Waals surface area contributed by atoms with Crippen molar-refractivity contribution in [3.05, 3.63) is 28.8 Å². The molecule has 1 aromatic carbocycles. The van der Waals surface area contributed by atoms with Crippen LogP contribution in [0.1, 0.15) is 45.6 Å². The van der Waals surface area contributed by atoms with Gasteiger partial charge in [-0.3, -0.25) is 0 Å². The summed E-state index contributed by atoms with van der Waals surface area (Å²) in [5.41, 5.74) is 7.52. The SMILES string of the molecule is CC(C)CCCC(C)Nc1ccc(Cl)cc1C(N)=S. The Morgan fingerprint density at radius 2 is 2.00 bits per heavy atom. The summed E-state index contributed by atoms with van der Waals surface area (Å²) in [7, 11) is 0. The van der Waals surface area contributed by atoms with Crippen molar-refractivity contribution in [2.24, 2.45) is 11.7 Å². The summed E-state index contributed by atoms with van der Waals surface area (Å²) in [5.74, 6) is 0.759. The molecule has 1 rings (SSSR count). The van der Waals surface area contributed by atoms with Gasteiger partial charge in [-0.2, -0.15) is 0 Å². The number of halogens is 1. The first kappa shape index (κ1) is 16.3. The summed E-state index contributed by atoms with van der Waals surface area (Å²) >= 11 is 11.0. The van der Waals surface area contributed by atoms with Crippen molar-refractivity contribution in [2.45, 2.75) is 46.1 Å². The molecule has 0 saturated heterocycles. The van der Waals surface area contributed by atoms with Crippen LogP contribution in [0, 0.1) is 5.92 Å². The molecule has 1 aromatic rings. The average molecular weight is 299 g/mol. The molecule has 0 heterocycles. The van der Waals surface area contributed by atoms with E-state index >= 15 is 0 Å². The molecule has 2 nitrogen and oxygen atoms in total. The molecular weight excluding hydrogens is 276 g/mol. The number of hydrogen-bond donors (Lipinski definition) is 2. The second kappa shape index (κ2) is 7.71. The zero-order valence-corrected chi connectivity index (χ0v) is 13.4. The lowest BCUT2D eigenvalue weighted by molar-refractivity contribution is 0.520. The summed E-state index contributed by atoms with van der Waals surface area (Å²) in [4.78, 5) is 0.374. The molecule has 0 fully saturated rings. The van der Waals surface area contributed by atoms with Gasteiger partial charge in [0.15, 0.2) is 0 Å². The number of thiocarbonyl (C=S) groups is 1. The Hall–Kier alpha value is -0.800. The Bertz CT molecular complexity index is 432. The van der Waals surface area contributed by atoms with Gasteiger partial charge < -0.3 is 11.1 Å². The van der Waals surface area contributed by atoms with E-state index in [1.807, 2.05) is 18.2 Å². The van der Waals surface area contributed by atoms with E-state index in [1.165, 1.54) is 12.8 Å². The van der Waals surface area contributed by atoms with Crippen LogP contribution in [0.5, 0.6) is 0 Å². The van der Waals surface area contributed by atoms with Crippen LogP contribution in [-0.4, -0.2) is 11.0 Å². The summed E-state index contributed by atoms with van der Waals surface area (Å²) in [5, 5.41) is 4.12. The zero-order chi connectivity index (χ0) is 14.4. The third-order valence-corrected chi connectivity index (χ3v) is 3.52. The molecule has 0 bridgehead atoms. The van der Waals surface area contributed by atoms with Crippen molar-refractivity contribution >= 4 is 34.5 Å². The van der Waals surface area contributed by atoms with Gasteiger partial charge in [0.25, 0.3) is 0 Å². The smallest absolute Gasteiger partial charge is 0.106 e. The van der Waals surface area contributed by atoms with Crippen LogP contribution in [0.2, 0.25) is 5.02 Å². The first-order valence-corrected chi connectivity index (χ1v) is 7.54. The highest BCUT2D eigenvalue weighted by atomic mass is 35.5. The van der Waals surface area contributed by atoms with Crippen LogP contribution in [0.4, 0.5) is 5.69 Å². The first-order valence-electron chi connectivity index (χ1n) is 6.76. The van der Waals surface area contributed by atoms with Crippen molar-refractivity contribution in [1.29, 1.82) is 0 Å². The molecule has 19 heavy (non-hydrogen) atoms.